The molecule has 2 amide bonds. The van der Waals surface area contributed by atoms with Crippen LogP contribution in [-0.4, -0.2) is 47.2 Å². The lowest BCUT2D eigenvalue weighted by Crippen LogP contribution is -2.25. The molecule has 2 aliphatic heterocycles. The molecule has 3 aromatic carbocycles. The smallest absolute Gasteiger partial charge is 0.262 e. The van der Waals surface area contributed by atoms with E-state index in [1.807, 2.05) is 43.3 Å². The molecular formula is C29H27FN4O4S. The molecule has 1 N–H and O–H groups in total. The first-order chi connectivity index (χ1) is 18.8. The Morgan fingerprint density at radius 1 is 1.10 bits per heavy atom. The van der Waals surface area contributed by atoms with Gasteiger partial charge in [-0.05, 0) is 55.0 Å². The normalized spacial score (nSPS) is 18.6. The fraction of sp³-hybridized carbons (Fsp3) is 0.241. The molecule has 2 atom stereocenters. The molecule has 2 heterocycles. The van der Waals surface area contributed by atoms with E-state index in [1.165, 1.54) is 23.9 Å². The van der Waals surface area contributed by atoms with E-state index >= 15 is 0 Å². The Labute approximate surface area is 229 Å². The summed E-state index contributed by atoms with van der Waals surface area (Å²) in [6, 6.07) is 18.7. The second-order valence-electron chi connectivity index (χ2n) is 9.19. The third-order valence-electron chi connectivity index (χ3n) is 6.49. The highest BCUT2D eigenvalue weighted by atomic mass is 32.2. The average Bonchev–Trinajstić information content (AvgIpc) is 3.53. The first kappa shape index (κ1) is 26.4. The molecule has 0 bridgehead atoms. The summed E-state index contributed by atoms with van der Waals surface area (Å²) >= 11 is 1.18. The van der Waals surface area contributed by atoms with Crippen LogP contribution in [0.2, 0.25) is 0 Å². The van der Waals surface area contributed by atoms with Gasteiger partial charge in [-0.3, -0.25) is 9.59 Å². The van der Waals surface area contributed by atoms with Crippen molar-refractivity contribution in [2.45, 2.75) is 31.1 Å². The average molecular weight is 547 g/mol. The van der Waals surface area contributed by atoms with Gasteiger partial charge in [-0.2, -0.15) is 10.1 Å². The SMILES string of the molecule is COc1ccc(OC)c(C2=NN(C3=NC(=O)C(CC(=O)Nc4ccc(C)cc4)S3)C(c3cccc(F)c3)C2)c1. The molecule has 0 radical (unpaired) electrons. The summed E-state index contributed by atoms with van der Waals surface area (Å²) in [5.74, 6) is 0.181. The van der Waals surface area contributed by atoms with Crippen molar-refractivity contribution in [2.75, 3.05) is 19.5 Å². The van der Waals surface area contributed by atoms with Crippen LogP contribution in [0, 0.1) is 12.7 Å². The number of benzene rings is 3. The summed E-state index contributed by atoms with van der Waals surface area (Å²) in [6.07, 6.45) is 0.377. The maximum Gasteiger partial charge on any atom is 0.262 e. The Bertz CT molecular complexity index is 1470. The van der Waals surface area contributed by atoms with Crippen molar-refractivity contribution in [3.63, 3.8) is 0 Å². The Morgan fingerprint density at radius 3 is 2.62 bits per heavy atom. The molecule has 39 heavy (non-hydrogen) atoms. The molecule has 0 fully saturated rings. The number of aliphatic imine (C=N–C) groups is 1. The van der Waals surface area contributed by atoms with E-state index in [9.17, 15) is 14.0 Å². The van der Waals surface area contributed by atoms with Crippen molar-refractivity contribution in [1.82, 2.24) is 5.01 Å². The third-order valence-corrected chi connectivity index (χ3v) is 7.63. The number of methoxy groups -OCH3 is 2. The van der Waals surface area contributed by atoms with Crippen LogP contribution >= 0.6 is 11.8 Å². The van der Waals surface area contributed by atoms with E-state index in [0.29, 0.717) is 40.1 Å². The maximum absolute atomic E-state index is 14.2. The lowest BCUT2D eigenvalue weighted by Gasteiger charge is -2.23. The van der Waals surface area contributed by atoms with Crippen molar-refractivity contribution < 1.29 is 23.5 Å². The summed E-state index contributed by atoms with van der Waals surface area (Å²) < 4.78 is 25.2. The van der Waals surface area contributed by atoms with E-state index in [2.05, 4.69) is 10.3 Å². The van der Waals surface area contributed by atoms with Gasteiger partial charge in [0.25, 0.3) is 5.91 Å². The van der Waals surface area contributed by atoms with Gasteiger partial charge in [-0.25, -0.2) is 9.40 Å². The van der Waals surface area contributed by atoms with Crippen molar-refractivity contribution in [3.8, 4) is 11.5 Å². The van der Waals surface area contributed by atoms with E-state index < -0.39 is 17.2 Å². The van der Waals surface area contributed by atoms with Gasteiger partial charge in [0.1, 0.15) is 22.6 Å². The number of nitrogens with one attached hydrogen (secondary N) is 1. The zero-order chi connectivity index (χ0) is 27.5. The number of rotatable bonds is 7. The molecule has 2 aliphatic rings. The number of ether oxygens (including phenoxy) is 2. The standard InChI is InChI=1S/C29H27FN4O4S/c1-17-7-9-20(10-8-17)31-27(35)16-26-28(36)32-29(39-26)34-24(18-5-4-6-19(30)13-18)15-23(33-34)22-14-21(37-2)11-12-25(22)38-3/h4-14,24,26H,15-16H2,1-3H3,(H,31,35). The van der Waals surface area contributed by atoms with Crippen LogP contribution in [-0.2, 0) is 9.59 Å². The van der Waals surface area contributed by atoms with Crippen LogP contribution in [0.15, 0.2) is 76.8 Å². The molecule has 2 unspecified atom stereocenters. The number of thioether (sulfide) groups is 1. The summed E-state index contributed by atoms with van der Waals surface area (Å²) in [4.78, 5) is 29.8. The molecule has 0 spiro atoms. The van der Waals surface area contributed by atoms with Gasteiger partial charge in [0.15, 0.2) is 5.17 Å². The van der Waals surface area contributed by atoms with Gasteiger partial charge in [-0.1, -0.05) is 41.6 Å². The Morgan fingerprint density at radius 2 is 1.90 bits per heavy atom. The second kappa shape index (κ2) is 11.3. The third kappa shape index (κ3) is 5.80. The number of aryl methyl sites for hydroxylation is 1. The Balaban J connectivity index is 1.40. The van der Waals surface area contributed by atoms with Gasteiger partial charge in [0.2, 0.25) is 5.91 Å². The highest BCUT2D eigenvalue weighted by Crippen LogP contribution is 2.40. The number of nitrogens with zero attached hydrogens (tertiary/aromatic N) is 3. The van der Waals surface area contributed by atoms with Crippen LogP contribution in [0.5, 0.6) is 11.5 Å². The predicted molar refractivity (Wildman–Crippen MR) is 150 cm³/mol. The monoisotopic (exact) mass is 546 g/mol. The van der Waals surface area contributed by atoms with E-state index in [0.717, 1.165) is 11.1 Å². The Hall–Kier alpha value is -4.18. The molecule has 0 aromatic heterocycles. The lowest BCUT2D eigenvalue weighted by molar-refractivity contribution is -0.121. The predicted octanol–water partition coefficient (Wildman–Crippen LogP) is 5.33. The van der Waals surface area contributed by atoms with E-state index in [-0.39, 0.29) is 18.1 Å². The minimum absolute atomic E-state index is 0.0386. The summed E-state index contributed by atoms with van der Waals surface area (Å²) in [5, 5.41) is 8.97. The number of hydrazone groups is 1. The van der Waals surface area contributed by atoms with E-state index in [1.54, 1.807) is 37.4 Å². The minimum Gasteiger partial charge on any atom is -0.497 e. The molecule has 5 rings (SSSR count). The van der Waals surface area contributed by atoms with Crippen molar-refractivity contribution in [2.24, 2.45) is 10.1 Å². The fourth-order valence-corrected chi connectivity index (χ4v) is 5.55. The summed E-state index contributed by atoms with van der Waals surface area (Å²) in [7, 11) is 3.15. The zero-order valence-electron chi connectivity index (χ0n) is 21.7. The van der Waals surface area contributed by atoms with Crippen LogP contribution < -0.4 is 14.8 Å². The quantitative estimate of drug-likeness (QED) is 0.431. The number of amidine groups is 1. The first-order valence-corrected chi connectivity index (χ1v) is 13.2. The highest BCUT2D eigenvalue weighted by Gasteiger charge is 2.39. The fourth-order valence-electron chi connectivity index (χ4n) is 4.48. The van der Waals surface area contributed by atoms with Crippen molar-refractivity contribution in [1.29, 1.82) is 0 Å². The Kier molecular flexibility index (Phi) is 7.65. The van der Waals surface area contributed by atoms with Crippen molar-refractivity contribution >= 4 is 40.1 Å². The molecule has 8 nitrogen and oxygen atoms in total. The van der Waals surface area contributed by atoms with Crippen LogP contribution in [0.3, 0.4) is 0 Å². The lowest BCUT2D eigenvalue weighted by atomic mass is 9.98. The highest BCUT2D eigenvalue weighted by molar-refractivity contribution is 8.15. The zero-order valence-corrected chi connectivity index (χ0v) is 22.5. The number of halogens is 1. The first-order valence-electron chi connectivity index (χ1n) is 12.3. The number of amides is 2. The number of carbonyl (C=O) groups excluding carboxylic acids is 2. The van der Waals surface area contributed by atoms with Crippen molar-refractivity contribution in [3.05, 3.63) is 89.2 Å². The number of carbonyl (C=O) groups is 2. The molecule has 3 aromatic rings. The van der Waals surface area contributed by atoms with Gasteiger partial charge in [0, 0.05) is 24.1 Å². The largest absolute Gasteiger partial charge is 0.497 e. The number of anilines is 1. The molecule has 0 saturated carbocycles. The van der Waals surface area contributed by atoms with Crippen LogP contribution in [0.1, 0.15) is 35.6 Å². The van der Waals surface area contributed by atoms with Crippen LogP contribution in [0.25, 0.3) is 0 Å². The molecule has 0 aliphatic carbocycles. The topological polar surface area (TPSA) is 92.6 Å². The molecular weight excluding hydrogens is 519 g/mol. The minimum atomic E-state index is -0.691. The summed E-state index contributed by atoms with van der Waals surface area (Å²) in [6.45, 7) is 1.96. The summed E-state index contributed by atoms with van der Waals surface area (Å²) in [5.41, 5.74) is 3.83. The second-order valence-corrected chi connectivity index (χ2v) is 10.4. The van der Waals surface area contributed by atoms with E-state index in [4.69, 9.17) is 14.6 Å². The molecule has 10 heteroatoms. The molecule has 0 saturated heterocycles. The number of hydrogen-bond donors (Lipinski definition) is 1. The number of hydrogen-bond acceptors (Lipinski definition) is 7. The maximum atomic E-state index is 14.2. The van der Waals surface area contributed by atoms with Gasteiger partial charge in [-0.15, -0.1) is 0 Å². The van der Waals surface area contributed by atoms with Gasteiger partial charge >= 0.3 is 0 Å². The van der Waals surface area contributed by atoms with Gasteiger partial charge < -0.3 is 14.8 Å². The van der Waals surface area contributed by atoms with Crippen LogP contribution in [0.4, 0.5) is 10.1 Å². The molecule has 200 valence electrons. The van der Waals surface area contributed by atoms with Gasteiger partial charge in [0.05, 0.1) is 26.0 Å².